The van der Waals surface area contributed by atoms with Crippen molar-refractivity contribution >= 4 is 23.2 Å². The van der Waals surface area contributed by atoms with Gasteiger partial charge >= 0.3 is 6.18 Å². The van der Waals surface area contributed by atoms with Crippen LogP contribution in [-0.4, -0.2) is 24.5 Å². The maximum Gasteiger partial charge on any atom is 0.418 e. The van der Waals surface area contributed by atoms with Gasteiger partial charge in [-0.3, -0.25) is 9.59 Å². The number of carbonyl (C=O) groups is 2. The molecule has 2 amide bonds. The van der Waals surface area contributed by atoms with Crippen LogP contribution in [0.1, 0.15) is 34.7 Å². The summed E-state index contributed by atoms with van der Waals surface area (Å²) >= 11 is 0. The van der Waals surface area contributed by atoms with Crippen LogP contribution in [0, 0.1) is 5.82 Å². The van der Waals surface area contributed by atoms with E-state index in [1.54, 1.807) is 0 Å². The lowest BCUT2D eigenvalue weighted by atomic mass is 10.1. The molecule has 1 aromatic heterocycles. The quantitative estimate of drug-likeness (QED) is 0.432. The number of amides is 2. The van der Waals surface area contributed by atoms with Crippen molar-refractivity contribution in [3.05, 3.63) is 77.5 Å². The predicted molar refractivity (Wildman–Crippen MR) is 116 cm³/mol. The van der Waals surface area contributed by atoms with E-state index < -0.39 is 41.2 Å². The van der Waals surface area contributed by atoms with Crippen molar-refractivity contribution in [1.29, 1.82) is 0 Å². The summed E-state index contributed by atoms with van der Waals surface area (Å²) in [6, 6.07) is 11.0. The molecule has 0 aliphatic carbocycles. The molecule has 1 saturated heterocycles. The first-order valence-corrected chi connectivity index (χ1v) is 10.6. The Labute approximate surface area is 197 Å². The first kappa shape index (κ1) is 24.3. The van der Waals surface area contributed by atoms with Crippen LogP contribution in [0.15, 0.2) is 59.0 Å². The Hall–Kier alpha value is -3.86. The lowest BCUT2D eigenvalue weighted by Gasteiger charge is -2.16. The fraction of sp³-hybridized carbons (Fsp3) is 0.250. The third kappa shape index (κ3) is 6.18. The zero-order chi connectivity index (χ0) is 25.0. The normalized spacial score (nSPS) is 15.6. The SMILES string of the molecule is O=C(Nc1ccc(NC(=O)C2CCCO2)cc1C(F)(F)F)c1ccc(COc2ccc(F)cc2)o1. The molecule has 2 aromatic carbocycles. The summed E-state index contributed by atoms with van der Waals surface area (Å²) in [4.78, 5) is 24.7. The van der Waals surface area contributed by atoms with Gasteiger partial charge in [-0.25, -0.2) is 4.39 Å². The molecule has 1 unspecified atom stereocenters. The van der Waals surface area contributed by atoms with Gasteiger partial charge in [-0.15, -0.1) is 0 Å². The molecule has 1 atom stereocenters. The molecule has 2 heterocycles. The van der Waals surface area contributed by atoms with Gasteiger partial charge in [0.05, 0.1) is 11.3 Å². The van der Waals surface area contributed by atoms with Crippen LogP contribution >= 0.6 is 0 Å². The van der Waals surface area contributed by atoms with Crippen molar-refractivity contribution in [2.24, 2.45) is 0 Å². The second-order valence-corrected chi connectivity index (χ2v) is 7.71. The first-order chi connectivity index (χ1) is 16.7. The van der Waals surface area contributed by atoms with Crippen LogP contribution in [0.2, 0.25) is 0 Å². The van der Waals surface area contributed by atoms with Gasteiger partial charge in [0, 0.05) is 12.3 Å². The summed E-state index contributed by atoms with van der Waals surface area (Å²) in [6.07, 6.45) is -4.32. The van der Waals surface area contributed by atoms with Crippen molar-refractivity contribution in [2.75, 3.05) is 17.2 Å². The van der Waals surface area contributed by atoms with E-state index in [0.29, 0.717) is 25.2 Å². The van der Waals surface area contributed by atoms with Crippen molar-refractivity contribution in [3.63, 3.8) is 0 Å². The van der Waals surface area contributed by atoms with E-state index >= 15 is 0 Å². The molecule has 0 saturated carbocycles. The highest BCUT2D eigenvalue weighted by molar-refractivity contribution is 6.03. The Bertz CT molecular complexity index is 1200. The molecule has 35 heavy (non-hydrogen) atoms. The minimum atomic E-state index is -4.80. The monoisotopic (exact) mass is 492 g/mol. The van der Waals surface area contributed by atoms with Gasteiger partial charge in [-0.05, 0) is 67.4 Å². The highest BCUT2D eigenvalue weighted by Gasteiger charge is 2.35. The van der Waals surface area contributed by atoms with Gasteiger partial charge in [0.2, 0.25) is 0 Å². The predicted octanol–water partition coefficient (Wildman–Crippen LogP) is 5.39. The van der Waals surface area contributed by atoms with Gasteiger partial charge in [0.25, 0.3) is 11.8 Å². The zero-order valence-corrected chi connectivity index (χ0v) is 18.2. The number of hydrogen-bond donors (Lipinski definition) is 2. The molecule has 0 radical (unpaired) electrons. The van der Waals surface area contributed by atoms with Crippen LogP contribution in [0.5, 0.6) is 5.75 Å². The number of alkyl halides is 3. The number of ether oxygens (including phenoxy) is 2. The molecular formula is C24H20F4N2O5. The number of anilines is 2. The highest BCUT2D eigenvalue weighted by Crippen LogP contribution is 2.37. The summed E-state index contributed by atoms with van der Waals surface area (Å²) in [7, 11) is 0. The van der Waals surface area contributed by atoms with E-state index in [1.165, 1.54) is 42.5 Å². The van der Waals surface area contributed by atoms with Gasteiger partial charge in [0.1, 0.15) is 30.0 Å². The Balaban J connectivity index is 1.43. The number of carbonyl (C=O) groups excluding carboxylic acids is 2. The van der Waals surface area contributed by atoms with Crippen molar-refractivity contribution in [2.45, 2.75) is 31.7 Å². The van der Waals surface area contributed by atoms with Gasteiger partial charge in [-0.1, -0.05) is 0 Å². The van der Waals surface area contributed by atoms with Crippen LogP contribution in [0.3, 0.4) is 0 Å². The Morgan fingerprint density at radius 3 is 2.49 bits per heavy atom. The van der Waals surface area contributed by atoms with E-state index in [1.807, 2.05) is 0 Å². The maximum absolute atomic E-state index is 13.7. The number of halogens is 4. The third-order valence-corrected chi connectivity index (χ3v) is 5.14. The molecule has 7 nitrogen and oxygen atoms in total. The molecule has 0 bridgehead atoms. The minimum Gasteiger partial charge on any atom is -0.486 e. The van der Waals surface area contributed by atoms with E-state index in [0.717, 1.165) is 12.1 Å². The van der Waals surface area contributed by atoms with E-state index in [4.69, 9.17) is 13.9 Å². The number of rotatable bonds is 7. The molecule has 1 aliphatic rings. The standard InChI is InChI=1S/C24H20F4N2O5/c25-14-3-6-16(7-4-14)34-13-17-8-10-21(35-17)23(32)30-19-9-5-15(12-18(19)24(26,27)28)29-22(31)20-2-1-11-33-20/h3-10,12,20H,1-2,11,13H2,(H,29,31)(H,30,32). The summed E-state index contributed by atoms with van der Waals surface area (Å²) in [5.41, 5.74) is -1.71. The molecule has 2 N–H and O–H groups in total. The fourth-order valence-corrected chi connectivity index (χ4v) is 3.42. The largest absolute Gasteiger partial charge is 0.486 e. The summed E-state index contributed by atoms with van der Waals surface area (Å²) in [6.45, 7) is 0.343. The third-order valence-electron chi connectivity index (χ3n) is 5.14. The molecule has 4 rings (SSSR count). The molecule has 0 spiro atoms. The number of hydrogen-bond acceptors (Lipinski definition) is 5. The van der Waals surface area contributed by atoms with Crippen LogP contribution in [0.25, 0.3) is 0 Å². The second-order valence-electron chi connectivity index (χ2n) is 7.71. The molecule has 184 valence electrons. The Morgan fingerprint density at radius 1 is 1.03 bits per heavy atom. The van der Waals surface area contributed by atoms with Crippen LogP contribution in [-0.2, 0) is 22.3 Å². The zero-order valence-electron chi connectivity index (χ0n) is 18.2. The van der Waals surface area contributed by atoms with E-state index in [-0.39, 0.29) is 23.8 Å². The minimum absolute atomic E-state index is 0.0750. The van der Waals surface area contributed by atoms with E-state index in [9.17, 15) is 27.2 Å². The molecule has 1 aliphatic heterocycles. The molecule has 11 heteroatoms. The molecular weight excluding hydrogens is 472 g/mol. The average Bonchev–Trinajstić information content (AvgIpc) is 3.52. The molecule has 3 aromatic rings. The van der Waals surface area contributed by atoms with Gasteiger partial charge in [0.15, 0.2) is 5.76 Å². The second kappa shape index (κ2) is 10.2. The summed E-state index contributed by atoms with van der Waals surface area (Å²) in [5.74, 6) is -1.48. The maximum atomic E-state index is 13.7. The van der Waals surface area contributed by atoms with Gasteiger partial charge in [-0.2, -0.15) is 13.2 Å². The van der Waals surface area contributed by atoms with Crippen molar-refractivity contribution in [1.82, 2.24) is 0 Å². The van der Waals surface area contributed by atoms with Crippen molar-refractivity contribution < 1.29 is 41.0 Å². The lowest BCUT2D eigenvalue weighted by molar-refractivity contribution is -0.137. The Morgan fingerprint density at radius 2 is 1.80 bits per heavy atom. The smallest absolute Gasteiger partial charge is 0.418 e. The number of benzene rings is 2. The van der Waals surface area contributed by atoms with Crippen molar-refractivity contribution in [3.8, 4) is 5.75 Å². The Kier molecular flexibility index (Phi) is 7.06. The fourth-order valence-electron chi connectivity index (χ4n) is 3.42. The van der Waals surface area contributed by atoms with E-state index in [2.05, 4.69) is 10.6 Å². The lowest BCUT2D eigenvalue weighted by Crippen LogP contribution is -2.27. The van der Waals surface area contributed by atoms with Crippen LogP contribution in [0.4, 0.5) is 28.9 Å². The summed E-state index contributed by atoms with van der Waals surface area (Å²) in [5, 5.41) is 4.60. The summed E-state index contributed by atoms with van der Waals surface area (Å²) < 4.78 is 69.9. The average molecular weight is 492 g/mol. The van der Waals surface area contributed by atoms with Crippen LogP contribution < -0.4 is 15.4 Å². The topological polar surface area (TPSA) is 89.8 Å². The first-order valence-electron chi connectivity index (χ1n) is 10.6. The molecule has 1 fully saturated rings. The van der Waals surface area contributed by atoms with Gasteiger partial charge < -0.3 is 24.5 Å². The highest BCUT2D eigenvalue weighted by atomic mass is 19.4. The number of nitrogens with one attached hydrogen (secondary N) is 2. The number of furan rings is 1.